The maximum absolute atomic E-state index is 15.3. The van der Waals surface area contributed by atoms with Gasteiger partial charge in [-0.15, -0.1) is 0 Å². The number of nitrogens with zero attached hydrogens (tertiary/aromatic N) is 5. The number of nitrogens with one attached hydrogen (secondary N) is 2. The second kappa shape index (κ2) is 14.6. The third-order valence-electron chi connectivity index (χ3n) is 8.01. The van der Waals surface area contributed by atoms with Crippen molar-refractivity contribution in [2.75, 3.05) is 56.2 Å². The number of halogens is 4. The maximum atomic E-state index is 15.3. The van der Waals surface area contributed by atoms with Crippen molar-refractivity contribution in [2.24, 2.45) is 5.92 Å². The number of anilines is 3. The number of rotatable bonds is 10. The zero-order chi connectivity index (χ0) is 34.6. The fourth-order valence-corrected chi connectivity index (χ4v) is 5.45. The number of nitrogens with two attached hydrogens (primary N) is 1. The highest BCUT2D eigenvalue weighted by Crippen LogP contribution is 2.36. The van der Waals surface area contributed by atoms with Gasteiger partial charge in [-0.2, -0.15) is 13.2 Å². The number of carbonyl (C=O) groups is 2. The summed E-state index contributed by atoms with van der Waals surface area (Å²) in [4.78, 5) is 37.4. The molecule has 0 aliphatic carbocycles. The van der Waals surface area contributed by atoms with E-state index in [0.29, 0.717) is 41.9 Å². The molecule has 0 unspecified atom stereocenters. The second-order valence-corrected chi connectivity index (χ2v) is 12.2. The molecule has 256 valence electrons. The number of hydrogen-bond acceptors (Lipinski definition) is 8. The van der Waals surface area contributed by atoms with Crippen LogP contribution in [-0.2, 0) is 28.8 Å². The van der Waals surface area contributed by atoms with Gasteiger partial charge < -0.3 is 30.6 Å². The van der Waals surface area contributed by atoms with Gasteiger partial charge in [0.15, 0.2) is 0 Å². The number of ether oxygens (including phenoxy) is 1. The van der Waals surface area contributed by atoms with Crippen LogP contribution in [0, 0.1) is 11.7 Å². The van der Waals surface area contributed by atoms with Crippen molar-refractivity contribution >= 4 is 40.2 Å². The molecule has 0 spiro atoms. The Morgan fingerprint density at radius 3 is 2.48 bits per heavy atom. The molecule has 0 saturated carbocycles. The van der Waals surface area contributed by atoms with E-state index in [9.17, 15) is 22.8 Å². The van der Waals surface area contributed by atoms with Crippen LogP contribution in [0.25, 0.3) is 22.2 Å². The fraction of sp³-hybridized carbons (Fsp3) is 0.394. The van der Waals surface area contributed by atoms with Gasteiger partial charge in [-0.1, -0.05) is 26.0 Å². The van der Waals surface area contributed by atoms with E-state index in [4.69, 9.17) is 10.5 Å². The topological polar surface area (TPSA) is 131 Å². The number of fused-ring (bicyclic) bond motifs is 1. The first-order chi connectivity index (χ1) is 22.8. The van der Waals surface area contributed by atoms with Gasteiger partial charge in [0.1, 0.15) is 23.6 Å². The quantitative estimate of drug-likeness (QED) is 0.142. The molecule has 1 aliphatic heterocycles. The van der Waals surface area contributed by atoms with Gasteiger partial charge in [0.2, 0.25) is 0 Å². The van der Waals surface area contributed by atoms with Crippen LogP contribution in [0.15, 0.2) is 48.9 Å². The normalized spacial score (nSPS) is 14.4. The lowest BCUT2D eigenvalue weighted by atomic mass is 10.0. The Balaban J connectivity index is 1.30. The van der Waals surface area contributed by atoms with Gasteiger partial charge in [-0.3, -0.25) is 9.69 Å². The first-order valence-corrected chi connectivity index (χ1v) is 15.5. The van der Waals surface area contributed by atoms with E-state index in [1.807, 2.05) is 25.8 Å². The molecule has 4 N–H and O–H groups in total. The monoisotopic (exact) mass is 670 g/mol. The molecule has 2 aromatic carbocycles. The van der Waals surface area contributed by atoms with E-state index in [1.165, 1.54) is 30.6 Å². The largest absolute Gasteiger partial charge is 0.465 e. The molecular formula is C33H38F4N8O3. The number of likely N-dealkylation sites (N-methyl/N-ethyl adjacent to an activating group) is 1. The van der Waals surface area contributed by atoms with Crippen LogP contribution in [0.5, 0.6) is 0 Å². The predicted molar refractivity (Wildman–Crippen MR) is 175 cm³/mol. The number of urea groups is 1. The van der Waals surface area contributed by atoms with E-state index in [2.05, 4.69) is 25.5 Å². The summed E-state index contributed by atoms with van der Waals surface area (Å²) >= 11 is 0. The molecule has 0 atom stereocenters. The number of amides is 2. The summed E-state index contributed by atoms with van der Waals surface area (Å²) < 4.78 is 64.2. The number of aromatic nitrogens is 3. The zero-order valence-corrected chi connectivity index (χ0v) is 26.9. The van der Waals surface area contributed by atoms with Crippen molar-refractivity contribution < 1.29 is 31.9 Å². The SMILES string of the molecule is CC(C)COC(=O)CCn1cc(-c2ccc(NC(=O)Nc3ccc(CN4CCN(C)CC4)c(C(F)(F)F)c3)c(F)c2)c2c(N)ncnc21. The molecule has 0 bridgehead atoms. The highest BCUT2D eigenvalue weighted by molar-refractivity contribution is 6.02. The lowest BCUT2D eigenvalue weighted by molar-refractivity contribution is -0.145. The van der Waals surface area contributed by atoms with Gasteiger partial charge in [-0.25, -0.2) is 19.2 Å². The van der Waals surface area contributed by atoms with Crippen LogP contribution >= 0.6 is 0 Å². The van der Waals surface area contributed by atoms with Crippen LogP contribution in [0.1, 0.15) is 31.4 Å². The second-order valence-electron chi connectivity index (χ2n) is 12.2. The van der Waals surface area contributed by atoms with E-state index < -0.39 is 23.6 Å². The Labute approximate surface area is 275 Å². The molecule has 2 amide bonds. The number of carbonyl (C=O) groups excluding carboxylic acids is 2. The Bertz CT molecular complexity index is 1780. The number of benzene rings is 2. The van der Waals surface area contributed by atoms with Crippen molar-refractivity contribution in [1.82, 2.24) is 24.3 Å². The number of esters is 1. The van der Waals surface area contributed by atoms with Crippen LogP contribution in [0.3, 0.4) is 0 Å². The Hall–Kier alpha value is -4.76. The highest BCUT2D eigenvalue weighted by Gasteiger charge is 2.34. The fourth-order valence-electron chi connectivity index (χ4n) is 5.45. The standard InChI is InChI=1S/C33H38F4N8O3/c1-20(2)18-48-28(46)8-9-45-17-24(29-30(38)39-19-40-31(29)45)21-5-7-27(26(34)14-21)42-32(47)41-23-6-4-22(25(15-23)33(35,36)37)16-44-12-10-43(3)11-13-44/h4-7,14-15,17,19-20H,8-13,16,18H2,1-3H3,(H2,38,39,40)(H2,41,42,47). The van der Waals surface area contributed by atoms with Crippen molar-refractivity contribution in [1.29, 1.82) is 0 Å². The van der Waals surface area contributed by atoms with E-state index >= 15 is 4.39 Å². The molecule has 3 heterocycles. The highest BCUT2D eigenvalue weighted by atomic mass is 19.4. The summed E-state index contributed by atoms with van der Waals surface area (Å²) in [6.45, 7) is 7.38. The van der Waals surface area contributed by atoms with Crippen LogP contribution < -0.4 is 16.4 Å². The number of hydrogen-bond donors (Lipinski definition) is 3. The minimum Gasteiger partial charge on any atom is -0.465 e. The molecule has 1 fully saturated rings. The minimum absolute atomic E-state index is 0.0790. The maximum Gasteiger partial charge on any atom is 0.416 e. The summed E-state index contributed by atoms with van der Waals surface area (Å²) in [5.74, 6) is -0.810. The Morgan fingerprint density at radius 1 is 1.04 bits per heavy atom. The summed E-state index contributed by atoms with van der Waals surface area (Å²) in [6.07, 6.45) is -1.58. The third kappa shape index (κ3) is 8.39. The molecule has 2 aromatic heterocycles. The first-order valence-electron chi connectivity index (χ1n) is 15.5. The molecule has 48 heavy (non-hydrogen) atoms. The summed E-state index contributed by atoms with van der Waals surface area (Å²) in [7, 11) is 1.97. The van der Waals surface area contributed by atoms with Gasteiger partial charge in [0.25, 0.3) is 0 Å². The van der Waals surface area contributed by atoms with E-state index in [-0.39, 0.29) is 54.2 Å². The first kappa shape index (κ1) is 34.6. The predicted octanol–water partition coefficient (Wildman–Crippen LogP) is 5.82. The summed E-state index contributed by atoms with van der Waals surface area (Å²) in [6, 6.07) is 6.79. The molecule has 5 rings (SSSR count). The van der Waals surface area contributed by atoms with Gasteiger partial charge in [0, 0.05) is 56.7 Å². The minimum atomic E-state index is -4.63. The van der Waals surface area contributed by atoms with Crippen molar-refractivity contribution in [2.45, 2.75) is 39.5 Å². The average molecular weight is 671 g/mol. The lowest BCUT2D eigenvalue weighted by Gasteiger charge is -2.33. The van der Waals surface area contributed by atoms with E-state index in [0.717, 1.165) is 19.2 Å². The molecular weight excluding hydrogens is 632 g/mol. The molecule has 4 aromatic rings. The summed E-state index contributed by atoms with van der Waals surface area (Å²) in [5, 5.41) is 5.20. The molecule has 11 nitrogen and oxygen atoms in total. The lowest BCUT2D eigenvalue weighted by Crippen LogP contribution is -2.44. The Morgan fingerprint density at radius 2 is 1.79 bits per heavy atom. The summed E-state index contributed by atoms with van der Waals surface area (Å²) in [5.41, 5.74) is 6.50. The smallest absolute Gasteiger partial charge is 0.416 e. The molecule has 1 aliphatic rings. The van der Waals surface area contributed by atoms with Crippen molar-refractivity contribution in [3.8, 4) is 11.1 Å². The molecule has 1 saturated heterocycles. The number of aryl methyl sites for hydroxylation is 1. The Kier molecular flexibility index (Phi) is 10.5. The van der Waals surface area contributed by atoms with Crippen molar-refractivity contribution in [3.05, 3.63) is 65.9 Å². The van der Waals surface area contributed by atoms with Gasteiger partial charge >= 0.3 is 18.2 Å². The van der Waals surface area contributed by atoms with Gasteiger partial charge in [0.05, 0.1) is 29.7 Å². The van der Waals surface area contributed by atoms with Gasteiger partial charge in [-0.05, 0) is 48.4 Å². The number of nitrogen functional groups attached to an aromatic ring is 1. The number of piperazine rings is 1. The molecule has 15 heteroatoms. The number of alkyl halides is 3. The van der Waals surface area contributed by atoms with E-state index in [1.54, 1.807) is 16.8 Å². The average Bonchev–Trinajstić information content (AvgIpc) is 3.41. The van der Waals surface area contributed by atoms with Crippen LogP contribution in [0.2, 0.25) is 0 Å². The van der Waals surface area contributed by atoms with Crippen molar-refractivity contribution in [3.63, 3.8) is 0 Å². The van der Waals surface area contributed by atoms with Crippen LogP contribution in [-0.4, -0.2) is 76.2 Å². The molecule has 0 radical (unpaired) electrons. The zero-order valence-electron chi connectivity index (χ0n) is 26.9. The van der Waals surface area contributed by atoms with Crippen LogP contribution in [0.4, 0.5) is 39.5 Å². The third-order valence-corrected chi connectivity index (χ3v) is 8.01.